The van der Waals surface area contributed by atoms with Gasteiger partial charge in [-0.3, -0.25) is 9.59 Å². The van der Waals surface area contributed by atoms with Crippen LogP contribution in [0.1, 0.15) is 10.4 Å². The summed E-state index contributed by atoms with van der Waals surface area (Å²) < 4.78 is 0. The molecule has 0 atom stereocenters. The molecule has 0 saturated carbocycles. The average Bonchev–Trinajstić information content (AvgIpc) is 2.83. The lowest BCUT2D eigenvalue weighted by Gasteiger charge is -2.11. The predicted molar refractivity (Wildman–Crippen MR) is 128 cm³/mol. The summed E-state index contributed by atoms with van der Waals surface area (Å²) in [4.78, 5) is 33.3. The Morgan fingerprint density at radius 1 is 0.844 bits per heavy atom. The summed E-state index contributed by atoms with van der Waals surface area (Å²) in [5.41, 5.74) is 2.87. The van der Waals surface area contributed by atoms with Gasteiger partial charge in [0, 0.05) is 29.4 Å². The number of nitrogens with one attached hydrogen (secondary N) is 3. The Hall–Kier alpha value is -3.91. The zero-order valence-corrected chi connectivity index (χ0v) is 18.1. The molecule has 0 radical (unpaired) electrons. The molecule has 4 aromatic rings. The first-order chi connectivity index (χ1) is 15.6. The van der Waals surface area contributed by atoms with E-state index in [1.54, 1.807) is 31.3 Å². The van der Waals surface area contributed by atoms with Crippen LogP contribution >= 0.6 is 11.8 Å². The molecule has 0 bridgehead atoms. The van der Waals surface area contributed by atoms with Crippen LogP contribution in [0.15, 0.2) is 84.0 Å². The van der Waals surface area contributed by atoms with E-state index in [-0.39, 0.29) is 17.6 Å². The number of hydrogen-bond acceptors (Lipinski definition) is 6. The summed E-state index contributed by atoms with van der Waals surface area (Å²) in [6.07, 6.45) is 0. The molecule has 0 aliphatic rings. The highest BCUT2D eigenvalue weighted by Gasteiger charge is 2.11. The Morgan fingerprint density at radius 2 is 1.56 bits per heavy atom. The molecule has 0 aliphatic carbocycles. The molecule has 1 heterocycles. The molecule has 8 heteroatoms. The largest absolute Gasteiger partial charge is 0.355 e. The fourth-order valence-electron chi connectivity index (χ4n) is 3.05. The molecule has 7 nitrogen and oxygen atoms in total. The first-order valence-electron chi connectivity index (χ1n) is 9.96. The van der Waals surface area contributed by atoms with E-state index in [4.69, 9.17) is 0 Å². The molecule has 32 heavy (non-hydrogen) atoms. The average molecular weight is 444 g/mol. The van der Waals surface area contributed by atoms with Gasteiger partial charge in [-0.1, -0.05) is 42.1 Å². The molecule has 4 rings (SSSR count). The van der Waals surface area contributed by atoms with Crippen molar-refractivity contribution in [1.29, 1.82) is 0 Å². The van der Waals surface area contributed by atoms with Gasteiger partial charge in [-0.25, -0.2) is 9.97 Å². The van der Waals surface area contributed by atoms with Crippen molar-refractivity contribution in [1.82, 2.24) is 15.3 Å². The van der Waals surface area contributed by atoms with Crippen LogP contribution in [-0.2, 0) is 4.79 Å². The molecule has 0 saturated heterocycles. The SMILES string of the molecule is CNC(=O)c1ccc(NC(=O)CSc2nc(Nc3ccccc3)c3ccccc3n2)cc1. The number of fused-ring (bicyclic) bond motifs is 1. The first kappa shape index (κ1) is 21.3. The Balaban J connectivity index is 1.45. The van der Waals surface area contributed by atoms with Gasteiger partial charge in [-0.2, -0.15) is 0 Å². The van der Waals surface area contributed by atoms with Crippen molar-refractivity contribution in [2.75, 3.05) is 23.4 Å². The third-order valence-corrected chi connectivity index (χ3v) is 5.46. The van der Waals surface area contributed by atoms with Crippen LogP contribution in [0.2, 0.25) is 0 Å². The van der Waals surface area contributed by atoms with E-state index >= 15 is 0 Å². The van der Waals surface area contributed by atoms with Crippen LogP contribution < -0.4 is 16.0 Å². The van der Waals surface area contributed by atoms with Crippen molar-refractivity contribution in [2.45, 2.75) is 5.16 Å². The second-order valence-electron chi connectivity index (χ2n) is 6.86. The summed E-state index contributed by atoms with van der Waals surface area (Å²) in [6.45, 7) is 0. The minimum Gasteiger partial charge on any atom is -0.355 e. The number of hydrogen-bond donors (Lipinski definition) is 3. The number of benzene rings is 3. The maximum absolute atomic E-state index is 12.4. The fraction of sp³-hybridized carbons (Fsp3) is 0.0833. The van der Waals surface area contributed by atoms with Gasteiger partial charge in [0.1, 0.15) is 5.82 Å². The molecule has 0 fully saturated rings. The molecular formula is C24H21N5O2S. The second kappa shape index (κ2) is 9.93. The van der Waals surface area contributed by atoms with Crippen molar-refractivity contribution in [3.63, 3.8) is 0 Å². The lowest BCUT2D eigenvalue weighted by Crippen LogP contribution is -2.18. The van der Waals surface area contributed by atoms with E-state index in [1.165, 1.54) is 11.8 Å². The summed E-state index contributed by atoms with van der Waals surface area (Å²) >= 11 is 1.26. The maximum Gasteiger partial charge on any atom is 0.251 e. The van der Waals surface area contributed by atoms with Gasteiger partial charge in [0.05, 0.1) is 11.3 Å². The van der Waals surface area contributed by atoms with E-state index in [0.29, 0.717) is 22.2 Å². The molecule has 1 aromatic heterocycles. The van der Waals surface area contributed by atoms with Crippen molar-refractivity contribution in [2.24, 2.45) is 0 Å². The molecule has 160 valence electrons. The number of amides is 2. The number of rotatable bonds is 7. The quantitative estimate of drug-likeness (QED) is 0.288. The summed E-state index contributed by atoms with van der Waals surface area (Å²) in [5, 5.41) is 10.1. The number of nitrogens with zero attached hydrogens (tertiary/aromatic N) is 2. The predicted octanol–water partition coefficient (Wildman–Crippen LogP) is 4.46. The maximum atomic E-state index is 12.4. The van der Waals surface area contributed by atoms with Gasteiger partial charge >= 0.3 is 0 Å². The van der Waals surface area contributed by atoms with Crippen molar-refractivity contribution in [3.8, 4) is 0 Å². The molecular weight excluding hydrogens is 422 g/mol. The Morgan fingerprint density at radius 3 is 2.31 bits per heavy atom. The first-order valence-corrected chi connectivity index (χ1v) is 10.9. The normalized spacial score (nSPS) is 10.5. The summed E-state index contributed by atoms with van der Waals surface area (Å²) in [7, 11) is 1.57. The van der Waals surface area contributed by atoms with E-state index in [9.17, 15) is 9.59 Å². The standard InChI is InChI=1S/C24H21N5O2S/c1-25-23(31)16-11-13-18(14-12-16)26-21(30)15-32-24-28-20-10-6-5-9-19(20)22(29-24)27-17-7-3-2-4-8-17/h2-14H,15H2,1H3,(H,25,31)(H,26,30)(H,27,28,29). The Bertz CT molecular complexity index is 1250. The molecule has 0 spiro atoms. The lowest BCUT2D eigenvalue weighted by molar-refractivity contribution is -0.113. The highest BCUT2D eigenvalue weighted by molar-refractivity contribution is 7.99. The minimum atomic E-state index is -0.183. The topological polar surface area (TPSA) is 96.0 Å². The smallest absolute Gasteiger partial charge is 0.251 e. The number of carbonyl (C=O) groups is 2. The monoisotopic (exact) mass is 443 g/mol. The molecule has 0 unspecified atom stereocenters. The molecule has 3 N–H and O–H groups in total. The summed E-state index contributed by atoms with van der Waals surface area (Å²) in [5.74, 6) is 0.485. The fourth-order valence-corrected chi connectivity index (χ4v) is 3.70. The highest BCUT2D eigenvalue weighted by atomic mass is 32.2. The third kappa shape index (κ3) is 5.22. The Labute approximate surface area is 189 Å². The van der Waals surface area contributed by atoms with Gasteiger partial charge in [-0.15, -0.1) is 0 Å². The van der Waals surface area contributed by atoms with Crippen LogP contribution in [0.3, 0.4) is 0 Å². The van der Waals surface area contributed by atoms with Crippen LogP contribution in [0.4, 0.5) is 17.2 Å². The number of anilines is 3. The van der Waals surface area contributed by atoms with Crippen LogP contribution in [-0.4, -0.2) is 34.6 Å². The van der Waals surface area contributed by atoms with Gasteiger partial charge in [-0.05, 0) is 48.5 Å². The summed E-state index contributed by atoms with van der Waals surface area (Å²) in [6, 6.07) is 24.3. The van der Waals surface area contributed by atoms with Gasteiger partial charge in [0.2, 0.25) is 5.91 Å². The van der Waals surface area contributed by atoms with Crippen molar-refractivity contribution in [3.05, 3.63) is 84.4 Å². The van der Waals surface area contributed by atoms with Crippen LogP contribution in [0.25, 0.3) is 10.9 Å². The third-order valence-electron chi connectivity index (χ3n) is 4.61. The van der Waals surface area contributed by atoms with Crippen molar-refractivity contribution >= 4 is 51.7 Å². The minimum absolute atomic E-state index is 0.153. The molecule has 0 aliphatic heterocycles. The lowest BCUT2D eigenvalue weighted by atomic mass is 10.2. The van der Waals surface area contributed by atoms with Crippen LogP contribution in [0.5, 0.6) is 0 Å². The molecule has 3 aromatic carbocycles. The van der Waals surface area contributed by atoms with Gasteiger partial charge in [0.15, 0.2) is 5.16 Å². The Kier molecular flexibility index (Phi) is 6.62. The second-order valence-corrected chi connectivity index (χ2v) is 7.80. The van der Waals surface area contributed by atoms with Crippen LogP contribution in [0, 0.1) is 0 Å². The van der Waals surface area contributed by atoms with E-state index in [2.05, 4.69) is 25.9 Å². The van der Waals surface area contributed by atoms with Gasteiger partial charge in [0.25, 0.3) is 5.91 Å². The highest BCUT2D eigenvalue weighted by Crippen LogP contribution is 2.27. The number of aromatic nitrogens is 2. The number of carbonyl (C=O) groups excluding carboxylic acids is 2. The van der Waals surface area contributed by atoms with E-state index in [1.807, 2.05) is 54.6 Å². The van der Waals surface area contributed by atoms with Crippen molar-refractivity contribution < 1.29 is 9.59 Å². The molecule has 2 amide bonds. The van der Waals surface area contributed by atoms with Gasteiger partial charge < -0.3 is 16.0 Å². The van der Waals surface area contributed by atoms with E-state index < -0.39 is 0 Å². The number of thioether (sulfide) groups is 1. The number of para-hydroxylation sites is 2. The van der Waals surface area contributed by atoms with E-state index in [0.717, 1.165) is 16.6 Å². The zero-order valence-electron chi connectivity index (χ0n) is 17.3. The zero-order chi connectivity index (χ0) is 22.3.